The molecule has 1 fully saturated rings. The van der Waals surface area contributed by atoms with E-state index in [4.69, 9.17) is 10.7 Å². The van der Waals surface area contributed by atoms with Crippen molar-refractivity contribution >= 4 is 21.6 Å². The summed E-state index contributed by atoms with van der Waals surface area (Å²) >= 11 is 1.81. The SMILES string of the molecule is NC(Cc1nc2ccccc2s1)C1CCCCCCC1. The normalized spacial score (nSPS) is 19.6. The Kier molecular flexibility index (Phi) is 4.69. The summed E-state index contributed by atoms with van der Waals surface area (Å²) in [6.07, 6.45) is 10.5. The highest BCUT2D eigenvalue weighted by Crippen LogP contribution is 2.28. The van der Waals surface area contributed by atoms with Gasteiger partial charge in [-0.25, -0.2) is 4.98 Å². The van der Waals surface area contributed by atoms with Crippen LogP contribution in [0.25, 0.3) is 10.2 Å². The van der Waals surface area contributed by atoms with Crippen LogP contribution in [0.2, 0.25) is 0 Å². The van der Waals surface area contributed by atoms with Crippen molar-refractivity contribution in [3.8, 4) is 0 Å². The fourth-order valence-electron chi connectivity index (χ4n) is 3.29. The Labute approximate surface area is 125 Å². The van der Waals surface area contributed by atoms with Crippen molar-refractivity contribution in [2.24, 2.45) is 11.7 Å². The van der Waals surface area contributed by atoms with Crippen molar-refractivity contribution in [3.05, 3.63) is 29.3 Å². The van der Waals surface area contributed by atoms with Crippen LogP contribution in [0.1, 0.15) is 50.0 Å². The van der Waals surface area contributed by atoms with E-state index >= 15 is 0 Å². The lowest BCUT2D eigenvalue weighted by atomic mass is 9.85. The van der Waals surface area contributed by atoms with Gasteiger partial charge in [-0.1, -0.05) is 44.2 Å². The van der Waals surface area contributed by atoms with Gasteiger partial charge in [-0.05, 0) is 30.9 Å². The predicted octanol–water partition coefficient (Wildman–Crippen LogP) is 4.53. The van der Waals surface area contributed by atoms with E-state index in [1.807, 2.05) is 11.3 Å². The van der Waals surface area contributed by atoms with Crippen LogP contribution in [0.3, 0.4) is 0 Å². The largest absolute Gasteiger partial charge is 0.327 e. The number of thiazole rings is 1. The summed E-state index contributed by atoms with van der Waals surface area (Å²) in [5.74, 6) is 0.697. The summed E-state index contributed by atoms with van der Waals surface area (Å²) in [5.41, 5.74) is 7.61. The molecule has 1 aliphatic rings. The van der Waals surface area contributed by atoms with Gasteiger partial charge in [0.25, 0.3) is 0 Å². The van der Waals surface area contributed by atoms with Crippen LogP contribution >= 0.6 is 11.3 Å². The molecule has 1 aliphatic carbocycles. The Morgan fingerprint density at radius 3 is 2.55 bits per heavy atom. The number of rotatable bonds is 3. The van der Waals surface area contributed by atoms with Crippen molar-refractivity contribution in [2.75, 3.05) is 0 Å². The maximum atomic E-state index is 6.49. The summed E-state index contributed by atoms with van der Waals surface area (Å²) < 4.78 is 1.28. The average Bonchev–Trinajstić information content (AvgIpc) is 2.80. The van der Waals surface area contributed by atoms with E-state index in [9.17, 15) is 0 Å². The highest BCUT2D eigenvalue weighted by atomic mass is 32.1. The molecule has 1 saturated carbocycles. The van der Waals surface area contributed by atoms with Crippen LogP contribution in [0.15, 0.2) is 24.3 Å². The standard InChI is InChI=1S/C17H24N2S/c18-14(13-8-4-2-1-3-5-9-13)12-17-19-15-10-6-7-11-16(15)20-17/h6-7,10-11,13-14H,1-5,8-9,12,18H2. The number of benzene rings is 1. The van der Waals surface area contributed by atoms with Crippen molar-refractivity contribution in [1.82, 2.24) is 4.98 Å². The predicted molar refractivity (Wildman–Crippen MR) is 87.1 cm³/mol. The molecule has 1 heterocycles. The summed E-state index contributed by atoms with van der Waals surface area (Å²) in [5, 5.41) is 1.21. The number of aromatic nitrogens is 1. The molecule has 0 saturated heterocycles. The summed E-state index contributed by atoms with van der Waals surface area (Å²) in [6.45, 7) is 0. The molecule has 1 atom stereocenters. The van der Waals surface area contributed by atoms with Gasteiger partial charge in [0, 0.05) is 12.5 Å². The third kappa shape index (κ3) is 3.39. The molecule has 1 unspecified atom stereocenters. The molecular weight excluding hydrogens is 264 g/mol. The third-order valence-electron chi connectivity index (χ3n) is 4.50. The van der Waals surface area contributed by atoms with E-state index in [1.165, 1.54) is 54.7 Å². The molecule has 2 N–H and O–H groups in total. The summed E-state index contributed by atoms with van der Waals surface area (Å²) in [7, 11) is 0. The quantitative estimate of drug-likeness (QED) is 0.901. The highest BCUT2D eigenvalue weighted by Gasteiger charge is 2.20. The van der Waals surface area contributed by atoms with E-state index in [-0.39, 0.29) is 6.04 Å². The Hall–Kier alpha value is -0.930. The molecule has 0 aliphatic heterocycles. The van der Waals surface area contributed by atoms with Gasteiger partial charge in [-0.15, -0.1) is 11.3 Å². The molecule has 0 spiro atoms. The Morgan fingerprint density at radius 1 is 1.10 bits per heavy atom. The smallest absolute Gasteiger partial charge is 0.0954 e. The Balaban J connectivity index is 1.66. The zero-order chi connectivity index (χ0) is 13.8. The summed E-state index contributed by atoms with van der Waals surface area (Å²) in [4.78, 5) is 4.73. The zero-order valence-corrected chi connectivity index (χ0v) is 12.9. The third-order valence-corrected chi connectivity index (χ3v) is 5.56. The van der Waals surface area contributed by atoms with Gasteiger partial charge >= 0.3 is 0 Å². The Bertz CT molecular complexity index is 508. The van der Waals surface area contributed by atoms with Crippen molar-refractivity contribution in [2.45, 2.75) is 57.4 Å². The fourth-order valence-corrected chi connectivity index (χ4v) is 4.33. The number of hydrogen-bond acceptors (Lipinski definition) is 3. The summed E-state index contributed by atoms with van der Waals surface area (Å²) in [6, 6.07) is 8.67. The lowest BCUT2D eigenvalue weighted by molar-refractivity contribution is 0.322. The number of hydrogen-bond donors (Lipinski definition) is 1. The Morgan fingerprint density at radius 2 is 1.80 bits per heavy atom. The van der Waals surface area contributed by atoms with Crippen LogP contribution < -0.4 is 5.73 Å². The lowest BCUT2D eigenvalue weighted by Crippen LogP contribution is -2.32. The monoisotopic (exact) mass is 288 g/mol. The number of fused-ring (bicyclic) bond motifs is 1. The van der Waals surface area contributed by atoms with Gasteiger partial charge < -0.3 is 5.73 Å². The maximum absolute atomic E-state index is 6.49. The average molecular weight is 288 g/mol. The zero-order valence-electron chi connectivity index (χ0n) is 12.1. The first-order valence-electron chi connectivity index (χ1n) is 7.93. The first-order chi connectivity index (χ1) is 9.83. The molecular formula is C17H24N2S. The van der Waals surface area contributed by atoms with E-state index in [0.717, 1.165) is 11.9 Å². The molecule has 1 aromatic carbocycles. The minimum Gasteiger partial charge on any atom is -0.327 e. The number of nitrogens with two attached hydrogens (primary N) is 1. The second kappa shape index (κ2) is 6.68. The van der Waals surface area contributed by atoms with Gasteiger partial charge in [0.2, 0.25) is 0 Å². The second-order valence-corrected chi connectivity index (χ2v) is 7.16. The number of nitrogens with zero attached hydrogens (tertiary/aromatic N) is 1. The van der Waals surface area contributed by atoms with Gasteiger partial charge in [0.05, 0.1) is 15.2 Å². The van der Waals surface area contributed by atoms with Crippen LogP contribution in [0, 0.1) is 5.92 Å². The molecule has 2 nitrogen and oxygen atoms in total. The van der Waals surface area contributed by atoms with Crippen molar-refractivity contribution in [1.29, 1.82) is 0 Å². The molecule has 0 bridgehead atoms. The van der Waals surface area contributed by atoms with Gasteiger partial charge in [-0.3, -0.25) is 0 Å². The van der Waals surface area contributed by atoms with Gasteiger partial charge in [-0.2, -0.15) is 0 Å². The molecule has 1 aromatic heterocycles. The molecule has 3 rings (SSSR count). The molecule has 20 heavy (non-hydrogen) atoms. The van der Waals surface area contributed by atoms with Crippen LogP contribution in [-0.2, 0) is 6.42 Å². The molecule has 108 valence electrons. The van der Waals surface area contributed by atoms with Crippen LogP contribution in [0.5, 0.6) is 0 Å². The fraction of sp³-hybridized carbons (Fsp3) is 0.588. The minimum atomic E-state index is 0.286. The van der Waals surface area contributed by atoms with Crippen LogP contribution in [0.4, 0.5) is 0 Å². The van der Waals surface area contributed by atoms with Gasteiger partial charge in [0.1, 0.15) is 0 Å². The first-order valence-corrected chi connectivity index (χ1v) is 8.74. The lowest BCUT2D eigenvalue weighted by Gasteiger charge is -2.25. The molecule has 0 amide bonds. The topological polar surface area (TPSA) is 38.9 Å². The maximum Gasteiger partial charge on any atom is 0.0954 e. The molecule has 3 heteroatoms. The molecule has 0 radical (unpaired) electrons. The minimum absolute atomic E-state index is 0.286. The van der Waals surface area contributed by atoms with E-state index in [2.05, 4.69) is 24.3 Å². The van der Waals surface area contributed by atoms with Crippen molar-refractivity contribution < 1.29 is 0 Å². The highest BCUT2D eigenvalue weighted by molar-refractivity contribution is 7.18. The number of para-hydroxylation sites is 1. The van der Waals surface area contributed by atoms with Crippen LogP contribution in [-0.4, -0.2) is 11.0 Å². The second-order valence-electron chi connectivity index (χ2n) is 6.05. The van der Waals surface area contributed by atoms with Gasteiger partial charge in [0.15, 0.2) is 0 Å². The van der Waals surface area contributed by atoms with Crippen molar-refractivity contribution in [3.63, 3.8) is 0 Å². The first kappa shape index (κ1) is 14.0. The van der Waals surface area contributed by atoms with E-state index < -0.39 is 0 Å². The van der Waals surface area contributed by atoms with E-state index in [1.54, 1.807) is 0 Å². The molecule has 2 aromatic rings. The van der Waals surface area contributed by atoms with E-state index in [0.29, 0.717) is 5.92 Å².